The van der Waals surface area contributed by atoms with Gasteiger partial charge in [-0.05, 0) is 16.1 Å². The number of carbonyl (C=O) groups is 1. The van der Waals surface area contributed by atoms with Crippen LogP contribution < -0.4 is 5.73 Å². The summed E-state index contributed by atoms with van der Waals surface area (Å²) in [5.74, 6) is 0.0494. The van der Waals surface area contributed by atoms with Gasteiger partial charge in [-0.1, -0.05) is 59.0 Å². The van der Waals surface area contributed by atoms with Crippen molar-refractivity contribution in [3.63, 3.8) is 0 Å². The molecule has 1 rings (SSSR count). The lowest BCUT2D eigenvalue weighted by atomic mass is 9.94. The predicted octanol–water partition coefficient (Wildman–Crippen LogP) is 2.98. The molecule has 3 heteroatoms. The van der Waals surface area contributed by atoms with Crippen molar-refractivity contribution < 1.29 is 4.79 Å². The third-order valence-electron chi connectivity index (χ3n) is 2.23. The number of allylic oxidation sites excluding steroid dienone is 1. The highest BCUT2D eigenvalue weighted by Gasteiger charge is 2.08. The largest absolute Gasteiger partial charge is 0.370 e. The summed E-state index contributed by atoms with van der Waals surface area (Å²) >= 11 is 2.19. The standard InChI is InChI=1S/C12H14INO/c13-9-8-11(6-7-12(14)15)10-4-2-1-3-5-10/h1-5,8-9,11H,6-7H2,(H2,14,15)/b9-8-. The molecule has 0 heterocycles. The summed E-state index contributed by atoms with van der Waals surface area (Å²) in [4.78, 5) is 10.7. The van der Waals surface area contributed by atoms with Gasteiger partial charge in [-0.25, -0.2) is 0 Å². The number of rotatable bonds is 5. The summed E-state index contributed by atoms with van der Waals surface area (Å²) < 4.78 is 1.98. The monoisotopic (exact) mass is 315 g/mol. The molecule has 0 aliphatic heterocycles. The molecule has 0 saturated carbocycles. The van der Waals surface area contributed by atoms with Gasteiger partial charge in [0.15, 0.2) is 0 Å². The summed E-state index contributed by atoms with van der Waals surface area (Å²) in [6, 6.07) is 10.1. The van der Waals surface area contributed by atoms with Crippen molar-refractivity contribution in [3.8, 4) is 0 Å². The highest BCUT2D eigenvalue weighted by Crippen LogP contribution is 2.22. The highest BCUT2D eigenvalue weighted by molar-refractivity contribution is 14.1. The first kappa shape index (κ1) is 12.2. The van der Waals surface area contributed by atoms with E-state index in [1.54, 1.807) is 0 Å². The van der Waals surface area contributed by atoms with Gasteiger partial charge in [0.2, 0.25) is 5.91 Å². The Morgan fingerprint density at radius 1 is 1.40 bits per heavy atom. The van der Waals surface area contributed by atoms with Gasteiger partial charge in [0.25, 0.3) is 0 Å². The molecule has 1 aromatic carbocycles. The first-order chi connectivity index (χ1) is 7.24. The second kappa shape index (κ2) is 6.61. The van der Waals surface area contributed by atoms with Crippen molar-refractivity contribution in [1.29, 1.82) is 0 Å². The van der Waals surface area contributed by atoms with E-state index in [1.807, 2.05) is 22.3 Å². The summed E-state index contributed by atoms with van der Waals surface area (Å²) in [5.41, 5.74) is 6.38. The third-order valence-corrected chi connectivity index (χ3v) is 2.65. The normalized spacial score (nSPS) is 12.9. The number of primary amides is 1. The fraction of sp³-hybridized carbons (Fsp3) is 0.250. The molecule has 1 atom stereocenters. The molecular formula is C12H14INO. The molecule has 0 aliphatic rings. The Balaban J connectivity index is 2.70. The molecule has 0 bridgehead atoms. The molecule has 2 N–H and O–H groups in total. The van der Waals surface area contributed by atoms with Gasteiger partial charge >= 0.3 is 0 Å². The summed E-state index contributed by atoms with van der Waals surface area (Å²) in [6.07, 6.45) is 3.30. The lowest BCUT2D eigenvalue weighted by molar-refractivity contribution is -0.118. The number of hydrogen-bond donors (Lipinski definition) is 1. The van der Waals surface area contributed by atoms with Crippen LogP contribution in [0.5, 0.6) is 0 Å². The molecular weight excluding hydrogens is 301 g/mol. The number of benzene rings is 1. The molecule has 1 aromatic rings. The van der Waals surface area contributed by atoms with Crippen molar-refractivity contribution in [2.45, 2.75) is 18.8 Å². The maximum absolute atomic E-state index is 10.7. The van der Waals surface area contributed by atoms with Crippen LogP contribution in [0.2, 0.25) is 0 Å². The Labute approximate surface area is 104 Å². The van der Waals surface area contributed by atoms with Crippen LogP contribution in [0.15, 0.2) is 40.5 Å². The predicted molar refractivity (Wildman–Crippen MR) is 70.8 cm³/mol. The fourth-order valence-electron chi connectivity index (χ4n) is 1.46. The minimum Gasteiger partial charge on any atom is -0.370 e. The first-order valence-corrected chi connectivity index (χ1v) is 6.08. The van der Waals surface area contributed by atoms with Gasteiger partial charge in [-0.3, -0.25) is 4.79 Å². The van der Waals surface area contributed by atoms with E-state index in [1.165, 1.54) is 5.56 Å². The van der Waals surface area contributed by atoms with E-state index >= 15 is 0 Å². The van der Waals surface area contributed by atoms with E-state index in [9.17, 15) is 4.79 Å². The van der Waals surface area contributed by atoms with Crippen LogP contribution >= 0.6 is 22.6 Å². The van der Waals surface area contributed by atoms with Gasteiger partial charge in [0, 0.05) is 12.3 Å². The number of halogens is 1. The number of nitrogens with two attached hydrogens (primary N) is 1. The van der Waals surface area contributed by atoms with E-state index < -0.39 is 0 Å². The quantitative estimate of drug-likeness (QED) is 0.834. The third kappa shape index (κ3) is 4.46. The number of amides is 1. The molecule has 0 spiro atoms. The van der Waals surface area contributed by atoms with Gasteiger partial charge in [-0.2, -0.15) is 0 Å². The van der Waals surface area contributed by atoms with Gasteiger partial charge in [0.1, 0.15) is 0 Å². The topological polar surface area (TPSA) is 43.1 Å². The van der Waals surface area contributed by atoms with Crippen LogP contribution in [0.25, 0.3) is 0 Å². The van der Waals surface area contributed by atoms with E-state index in [0.717, 1.165) is 6.42 Å². The molecule has 0 radical (unpaired) electrons. The molecule has 0 fully saturated rings. The van der Waals surface area contributed by atoms with Crippen LogP contribution in [0, 0.1) is 0 Å². The van der Waals surface area contributed by atoms with Gasteiger partial charge < -0.3 is 5.73 Å². The van der Waals surface area contributed by atoms with Gasteiger partial charge in [0.05, 0.1) is 0 Å². The van der Waals surface area contributed by atoms with Gasteiger partial charge in [-0.15, -0.1) is 0 Å². The molecule has 0 saturated heterocycles. The second-order valence-electron chi connectivity index (χ2n) is 3.34. The minimum absolute atomic E-state index is 0.238. The maximum Gasteiger partial charge on any atom is 0.217 e. The first-order valence-electron chi connectivity index (χ1n) is 4.84. The van der Waals surface area contributed by atoms with Crippen molar-refractivity contribution in [1.82, 2.24) is 0 Å². The Morgan fingerprint density at radius 2 is 2.07 bits per heavy atom. The van der Waals surface area contributed by atoms with Crippen LogP contribution in [0.3, 0.4) is 0 Å². The number of carbonyl (C=O) groups excluding carboxylic acids is 1. The Morgan fingerprint density at radius 3 is 2.60 bits per heavy atom. The molecule has 1 unspecified atom stereocenters. The molecule has 2 nitrogen and oxygen atoms in total. The lowest BCUT2D eigenvalue weighted by Gasteiger charge is -2.11. The zero-order valence-corrected chi connectivity index (χ0v) is 10.6. The second-order valence-corrected chi connectivity index (χ2v) is 4.06. The van der Waals surface area contributed by atoms with Crippen molar-refractivity contribution in [2.75, 3.05) is 0 Å². The molecule has 1 amide bonds. The fourth-order valence-corrected chi connectivity index (χ4v) is 1.96. The van der Waals surface area contributed by atoms with Crippen LogP contribution in [0.4, 0.5) is 0 Å². The van der Waals surface area contributed by atoms with E-state index in [4.69, 9.17) is 5.73 Å². The smallest absolute Gasteiger partial charge is 0.217 e. The van der Waals surface area contributed by atoms with Crippen molar-refractivity contribution in [2.24, 2.45) is 5.73 Å². The van der Waals surface area contributed by atoms with E-state index in [0.29, 0.717) is 6.42 Å². The Hall–Kier alpha value is -0.840. The summed E-state index contributed by atoms with van der Waals surface area (Å²) in [5, 5.41) is 0. The zero-order valence-electron chi connectivity index (χ0n) is 8.40. The number of hydrogen-bond acceptors (Lipinski definition) is 1. The van der Waals surface area contributed by atoms with Crippen LogP contribution in [-0.4, -0.2) is 5.91 Å². The van der Waals surface area contributed by atoms with Crippen LogP contribution in [-0.2, 0) is 4.79 Å². The zero-order chi connectivity index (χ0) is 11.1. The average molecular weight is 315 g/mol. The van der Waals surface area contributed by atoms with Crippen molar-refractivity contribution >= 4 is 28.5 Å². The van der Waals surface area contributed by atoms with Crippen molar-refractivity contribution in [3.05, 3.63) is 46.1 Å². The summed E-state index contributed by atoms with van der Waals surface area (Å²) in [6.45, 7) is 0. The lowest BCUT2D eigenvalue weighted by Crippen LogP contribution is -2.11. The van der Waals surface area contributed by atoms with E-state index in [-0.39, 0.29) is 11.8 Å². The van der Waals surface area contributed by atoms with E-state index in [2.05, 4.69) is 40.8 Å². The molecule has 0 aliphatic carbocycles. The maximum atomic E-state index is 10.7. The van der Waals surface area contributed by atoms with Crippen LogP contribution in [0.1, 0.15) is 24.3 Å². The Kier molecular flexibility index (Phi) is 5.39. The molecule has 80 valence electrons. The SMILES string of the molecule is NC(=O)CCC(/C=C\I)c1ccccc1. The molecule has 15 heavy (non-hydrogen) atoms. The Bertz CT molecular complexity index is 335. The average Bonchev–Trinajstić information content (AvgIpc) is 2.25. The summed E-state index contributed by atoms with van der Waals surface area (Å²) in [7, 11) is 0. The molecule has 0 aromatic heterocycles. The highest BCUT2D eigenvalue weighted by atomic mass is 127. The minimum atomic E-state index is -0.238.